The molecule has 0 heterocycles. The lowest BCUT2D eigenvalue weighted by atomic mass is 9.76. The zero-order valence-electron chi connectivity index (χ0n) is 11.9. The van der Waals surface area contributed by atoms with E-state index < -0.39 is 11.4 Å². The van der Waals surface area contributed by atoms with Crippen LogP contribution < -0.4 is 0 Å². The lowest BCUT2D eigenvalue weighted by molar-refractivity contribution is -0.143. The Morgan fingerprint density at radius 3 is 2.81 bits per heavy atom. The van der Waals surface area contributed by atoms with Gasteiger partial charge in [0.15, 0.2) is 0 Å². The SMILES string of the molecule is Cc1ccc(F)cc1CC1(C(=O)O)CCc2ccccc21. The first-order chi connectivity index (χ1) is 10.0. The third-order valence-electron chi connectivity index (χ3n) is 4.57. The number of aliphatic carboxylic acids is 1. The average molecular weight is 284 g/mol. The van der Waals surface area contributed by atoms with E-state index in [0.717, 1.165) is 28.7 Å². The fourth-order valence-corrected chi connectivity index (χ4v) is 3.32. The molecule has 0 bridgehead atoms. The van der Waals surface area contributed by atoms with Crippen LogP contribution in [0.1, 0.15) is 28.7 Å². The quantitative estimate of drug-likeness (QED) is 0.934. The second kappa shape index (κ2) is 4.99. The molecule has 2 aromatic carbocycles. The van der Waals surface area contributed by atoms with Crippen molar-refractivity contribution in [2.45, 2.75) is 31.6 Å². The minimum Gasteiger partial charge on any atom is -0.481 e. The van der Waals surface area contributed by atoms with Gasteiger partial charge in [-0.25, -0.2) is 4.39 Å². The highest BCUT2D eigenvalue weighted by atomic mass is 19.1. The first kappa shape index (κ1) is 13.8. The molecule has 1 unspecified atom stereocenters. The maximum Gasteiger partial charge on any atom is 0.314 e. The van der Waals surface area contributed by atoms with Crippen LogP contribution in [0.25, 0.3) is 0 Å². The molecule has 0 fully saturated rings. The molecule has 0 saturated carbocycles. The molecule has 1 aliphatic carbocycles. The predicted molar refractivity (Wildman–Crippen MR) is 78.9 cm³/mol. The van der Waals surface area contributed by atoms with Crippen molar-refractivity contribution in [3.63, 3.8) is 0 Å². The lowest BCUT2D eigenvalue weighted by Gasteiger charge is -2.26. The number of hydrogen-bond donors (Lipinski definition) is 1. The highest BCUT2D eigenvalue weighted by molar-refractivity contribution is 5.83. The minimum absolute atomic E-state index is 0.317. The summed E-state index contributed by atoms with van der Waals surface area (Å²) < 4.78 is 13.5. The van der Waals surface area contributed by atoms with Crippen LogP contribution in [0.4, 0.5) is 4.39 Å². The van der Waals surface area contributed by atoms with Crippen LogP contribution in [0.15, 0.2) is 42.5 Å². The van der Waals surface area contributed by atoms with Crippen molar-refractivity contribution in [1.29, 1.82) is 0 Å². The van der Waals surface area contributed by atoms with Crippen LogP contribution in [0, 0.1) is 12.7 Å². The Morgan fingerprint density at radius 2 is 2.05 bits per heavy atom. The van der Waals surface area contributed by atoms with Gasteiger partial charge < -0.3 is 5.11 Å². The fraction of sp³-hybridized carbons (Fsp3) is 0.278. The van der Waals surface area contributed by atoms with Gasteiger partial charge >= 0.3 is 5.97 Å². The summed E-state index contributed by atoms with van der Waals surface area (Å²) in [5.41, 5.74) is 2.74. The molecule has 1 atom stereocenters. The highest BCUT2D eigenvalue weighted by Gasteiger charge is 2.45. The first-order valence-corrected chi connectivity index (χ1v) is 7.10. The smallest absolute Gasteiger partial charge is 0.314 e. The van der Waals surface area contributed by atoms with Crippen molar-refractivity contribution in [3.8, 4) is 0 Å². The van der Waals surface area contributed by atoms with Gasteiger partial charge in [0.05, 0.1) is 5.41 Å². The maximum absolute atomic E-state index is 13.5. The zero-order valence-corrected chi connectivity index (χ0v) is 11.9. The highest BCUT2D eigenvalue weighted by Crippen LogP contribution is 2.42. The summed E-state index contributed by atoms with van der Waals surface area (Å²) in [4.78, 5) is 12.0. The van der Waals surface area contributed by atoms with E-state index in [1.807, 2.05) is 31.2 Å². The van der Waals surface area contributed by atoms with Gasteiger partial charge in [0.1, 0.15) is 5.82 Å². The number of hydrogen-bond acceptors (Lipinski definition) is 1. The van der Waals surface area contributed by atoms with Gasteiger partial charge in [0.2, 0.25) is 0 Å². The molecular formula is C18H17FO2. The Balaban J connectivity index is 2.09. The average Bonchev–Trinajstić information content (AvgIpc) is 2.83. The number of rotatable bonds is 3. The molecule has 1 N–H and O–H groups in total. The molecule has 21 heavy (non-hydrogen) atoms. The van der Waals surface area contributed by atoms with E-state index in [0.29, 0.717) is 12.8 Å². The van der Waals surface area contributed by atoms with Crippen molar-refractivity contribution in [2.75, 3.05) is 0 Å². The third kappa shape index (κ3) is 2.23. The number of carboxylic acid groups (broad SMARTS) is 1. The van der Waals surface area contributed by atoms with E-state index in [9.17, 15) is 14.3 Å². The Bertz CT molecular complexity index is 708. The number of halogens is 1. The molecule has 3 heteroatoms. The van der Waals surface area contributed by atoms with Crippen molar-refractivity contribution in [2.24, 2.45) is 0 Å². The Hall–Kier alpha value is -2.16. The molecule has 0 radical (unpaired) electrons. The van der Waals surface area contributed by atoms with E-state index >= 15 is 0 Å². The predicted octanol–water partition coefficient (Wildman–Crippen LogP) is 3.65. The van der Waals surface area contributed by atoms with Crippen LogP contribution in [-0.4, -0.2) is 11.1 Å². The number of carboxylic acids is 1. The molecule has 0 amide bonds. The Labute approximate surface area is 123 Å². The van der Waals surface area contributed by atoms with Crippen LogP contribution in [-0.2, 0) is 23.1 Å². The Kier molecular flexibility index (Phi) is 3.28. The van der Waals surface area contributed by atoms with Crippen LogP contribution in [0.3, 0.4) is 0 Å². The summed E-state index contributed by atoms with van der Waals surface area (Å²) in [6.07, 6.45) is 1.66. The van der Waals surface area contributed by atoms with Gasteiger partial charge in [-0.15, -0.1) is 0 Å². The van der Waals surface area contributed by atoms with Crippen LogP contribution >= 0.6 is 0 Å². The van der Waals surface area contributed by atoms with Gasteiger partial charge in [0, 0.05) is 0 Å². The summed E-state index contributed by atoms with van der Waals surface area (Å²) >= 11 is 0. The van der Waals surface area contributed by atoms with Crippen LogP contribution in [0.5, 0.6) is 0 Å². The zero-order chi connectivity index (χ0) is 15.0. The maximum atomic E-state index is 13.5. The summed E-state index contributed by atoms with van der Waals surface area (Å²) in [7, 11) is 0. The first-order valence-electron chi connectivity index (χ1n) is 7.10. The molecule has 2 nitrogen and oxygen atoms in total. The topological polar surface area (TPSA) is 37.3 Å². The second-order valence-electron chi connectivity index (χ2n) is 5.79. The largest absolute Gasteiger partial charge is 0.481 e. The molecule has 108 valence electrons. The minimum atomic E-state index is -0.935. The van der Waals surface area contributed by atoms with Crippen molar-refractivity contribution < 1.29 is 14.3 Å². The van der Waals surface area contributed by atoms with E-state index in [4.69, 9.17) is 0 Å². The van der Waals surface area contributed by atoms with Crippen molar-refractivity contribution >= 4 is 5.97 Å². The summed E-state index contributed by atoms with van der Waals surface area (Å²) in [5.74, 6) is -1.14. The molecule has 0 saturated heterocycles. The molecule has 0 aromatic heterocycles. The number of benzene rings is 2. The summed E-state index contributed by atoms with van der Waals surface area (Å²) in [6, 6.07) is 12.3. The van der Waals surface area contributed by atoms with E-state index in [1.165, 1.54) is 12.1 Å². The van der Waals surface area contributed by atoms with Gasteiger partial charge in [-0.05, 0) is 60.6 Å². The molecule has 3 rings (SSSR count). The van der Waals surface area contributed by atoms with Crippen LogP contribution in [0.2, 0.25) is 0 Å². The molecule has 1 aliphatic rings. The normalized spacial score (nSPS) is 20.3. The van der Waals surface area contributed by atoms with E-state index in [2.05, 4.69) is 0 Å². The number of carbonyl (C=O) groups is 1. The molecule has 2 aromatic rings. The second-order valence-corrected chi connectivity index (χ2v) is 5.79. The van der Waals surface area contributed by atoms with E-state index in [1.54, 1.807) is 6.07 Å². The molecule has 0 aliphatic heterocycles. The third-order valence-corrected chi connectivity index (χ3v) is 4.57. The summed E-state index contributed by atoms with van der Waals surface area (Å²) in [6.45, 7) is 1.89. The van der Waals surface area contributed by atoms with Gasteiger partial charge in [0.25, 0.3) is 0 Å². The Morgan fingerprint density at radius 1 is 1.29 bits per heavy atom. The monoisotopic (exact) mass is 284 g/mol. The van der Waals surface area contributed by atoms with Crippen molar-refractivity contribution in [1.82, 2.24) is 0 Å². The van der Waals surface area contributed by atoms with Gasteiger partial charge in [-0.1, -0.05) is 30.3 Å². The van der Waals surface area contributed by atoms with Gasteiger partial charge in [-0.3, -0.25) is 4.79 Å². The summed E-state index contributed by atoms with van der Waals surface area (Å²) in [5, 5.41) is 9.84. The van der Waals surface area contributed by atoms with E-state index in [-0.39, 0.29) is 5.82 Å². The van der Waals surface area contributed by atoms with Gasteiger partial charge in [-0.2, -0.15) is 0 Å². The fourth-order valence-electron chi connectivity index (χ4n) is 3.32. The standard InChI is InChI=1S/C18H17FO2/c1-12-6-7-15(19)10-14(12)11-18(17(20)21)9-8-13-4-2-3-5-16(13)18/h2-7,10H,8-9,11H2,1H3,(H,20,21). The van der Waals surface area contributed by atoms with Crippen molar-refractivity contribution in [3.05, 3.63) is 70.5 Å². The molecular weight excluding hydrogens is 267 g/mol. The molecule has 0 spiro atoms. The number of aryl methyl sites for hydroxylation is 2. The number of fused-ring (bicyclic) bond motifs is 1. The lowest BCUT2D eigenvalue weighted by Crippen LogP contribution is -2.36.